The standard InChI is InChI=1S/C22H19ClO7/c23-17-3-1-2-16-18(24)19(25)20(30-21(16)17)12-4-6-14(7-5-12)28-8-9-29-15-10-13(11-15)22(26)27/h1-7,13,15,25H,8-11H2,(H,26,27)/t13-,15+. The fraction of sp³-hybridized carbons (Fsp3) is 0.273. The Morgan fingerprint density at radius 2 is 1.87 bits per heavy atom. The van der Waals surface area contributed by atoms with Crippen molar-refractivity contribution in [2.45, 2.75) is 18.9 Å². The highest BCUT2D eigenvalue weighted by molar-refractivity contribution is 6.34. The second kappa shape index (κ2) is 8.38. The quantitative estimate of drug-likeness (QED) is 0.544. The zero-order chi connectivity index (χ0) is 21.3. The van der Waals surface area contributed by atoms with Crippen LogP contribution in [0.25, 0.3) is 22.3 Å². The Bertz CT molecular complexity index is 1130. The summed E-state index contributed by atoms with van der Waals surface area (Å²) in [7, 11) is 0. The van der Waals surface area contributed by atoms with Crippen LogP contribution < -0.4 is 10.2 Å². The molecule has 8 heteroatoms. The fourth-order valence-electron chi connectivity index (χ4n) is 3.35. The van der Waals surface area contributed by atoms with Crippen molar-refractivity contribution in [1.29, 1.82) is 0 Å². The monoisotopic (exact) mass is 430 g/mol. The molecule has 2 aromatic carbocycles. The van der Waals surface area contributed by atoms with E-state index in [9.17, 15) is 14.7 Å². The molecule has 0 spiro atoms. The van der Waals surface area contributed by atoms with Gasteiger partial charge in [-0.2, -0.15) is 0 Å². The lowest BCUT2D eigenvalue weighted by Gasteiger charge is -2.31. The summed E-state index contributed by atoms with van der Waals surface area (Å²) >= 11 is 6.12. The van der Waals surface area contributed by atoms with Crippen molar-refractivity contribution in [3.8, 4) is 22.8 Å². The summed E-state index contributed by atoms with van der Waals surface area (Å²) in [6.45, 7) is 0.678. The van der Waals surface area contributed by atoms with Crippen molar-refractivity contribution in [1.82, 2.24) is 0 Å². The van der Waals surface area contributed by atoms with Crippen LogP contribution in [0.5, 0.6) is 11.5 Å². The first-order valence-corrected chi connectivity index (χ1v) is 9.83. The predicted molar refractivity (Wildman–Crippen MR) is 110 cm³/mol. The number of aromatic hydroxyl groups is 1. The second-order valence-corrected chi connectivity index (χ2v) is 7.50. The van der Waals surface area contributed by atoms with Crippen LogP contribution in [0.2, 0.25) is 5.02 Å². The van der Waals surface area contributed by atoms with Crippen LogP contribution in [0.15, 0.2) is 51.7 Å². The van der Waals surface area contributed by atoms with Gasteiger partial charge in [0.05, 0.1) is 29.0 Å². The number of halogens is 1. The number of hydrogen-bond acceptors (Lipinski definition) is 6. The average molecular weight is 431 g/mol. The number of fused-ring (bicyclic) bond motifs is 1. The number of para-hydroxylation sites is 1. The van der Waals surface area contributed by atoms with E-state index in [4.69, 9.17) is 30.6 Å². The predicted octanol–water partition coefficient (Wildman–Crippen LogP) is 4.08. The van der Waals surface area contributed by atoms with E-state index in [1.54, 1.807) is 42.5 Å². The number of aliphatic carboxylic acids is 1. The average Bonchev–Trinajstić information content (AvgIpc) is 2.70. The maximum atomic E-state index is 12.4. The Morgan fingerprint density at radius 1 is 1.13 bits per heavy atom. The molecule has 0 unspecified atom stereocenters. The maximum absolute atomic E-state index is 12.4. The summed E-state index contributed by atoms with van der Waals surface area (Å²) in [5.74, 6) is -0.938. The first kappa shape index (κ1) is 20.3. The molecule has 4 rings (SSSR count). The Balaban J connectivity index is 1.39. The van der Waals surface area contributed by atoms with Crippen LogP contribution in [-0.4, -0.2) is 35.5 Å². The molecule has 3 aromatic rings. The van der Waals surface area contributed by atoms with E-state index in [1.807, 2.05) is 0 Å². The normalized spacial score (nSPS) is 18.2. The first-order chi connectivity index (χ1) is 14.4. The zero-order valence-corrected chi connectivity index (χ0v) is 16.6. The molecule has 0 aliphatic heterocycles. The SMILES string of the molecule is O=c1c(O)c(-c2ccc(OCCO[C@H]3C[C@@H](C(=O)O)C3)cc2)oc2c(Cl)cccc12. The molecule has 1 fully saturated rings. The highest BCUT2D eigenvalue weighted by Gasteiger charge is 2.34. The summed E-state index contributed by atoms with van der Waals surface area (Å²) in [5, 5.41) is 19.6. The van der Waals surface area contributed by atoms with Crippen molar-refractivity contribution >= 4 is 28.5 Å². The molecule has 1 heterocycles. The van der Waals surface area contributed by atoms with Crippen molar-refractivity contribution in [3.05, 3.63) is 57.7 Å². The van der Waals surface area contributed by atoms with Gasteiger partial charge in [-0.25, -0.2) is 0 Å². The maximum Gasteiger partial charge on any atom is 0.306 e. The van der Waals surface area contributed by atoms with Gasteiger partial charge in [0.15, 0.2) is 11.3 Å². The van der Waals surface area contributed by atoms with E-state index < -0.39 is 17.1 Å². The molecule has 1 aromatic heterocycles. The lowest BCUT2D eigenvalue weighted by molar-refractivity contribution is -0.151. The van der Waals surface area contributed by atoms with Gasteiger partial charge in [0.25, 0.3) is 0 Å². The molecule has 1 aliphatic carbocycles. The molecule has 0 saturated heterocycles. The fourth-order valence-corrected chi connectivity index (χ4v) is 3.56. The summed E-state index contributed by atoms with van der Waals surface area (Å²) < 4.78 is 16.9. The summed E-state index contributed by atoms with van der Waals surface area (Å²) in [6.07, 6.45) is 1.05. The molecule has 0 amide bonds. The second-order valence-electron chi connectivity index (χ2n) is 7.10. The van der Waals surface area contributed by atoms with Gasteiger partial charge in [-0.15, -0.1) is 0 Å². The summed E-state index contributed by atoms with van der Waals surface area (Å²) in [6, 6.07) is 11.5. The minimum Gasteiger partial charge on any atom is -0.502 e. The summed E-state index contributed by atoms with van der Waals surface area (Å²) in [5.41, 5.74) is 0.173. The van der Waals surface area contributed by atoms with E-state index in [0.717, 1.165) is 0 Å². The Morgan fingerprint density at radius 3 is 2.57 bits per heavy atom. The van der Waals surface area contributed by atoms with E-state index in [1.165, 1.54) is 0 Å². The van der Waals surface area contributed by atoms with Crippen LogP contribution >= 0.6 is 11.6 Å². The van der Waals surface area contributed by atoms with Crippen LogP contribution in [0.1, 0.15) is 12.8 Å². The highest BCUT2D eigenvalue weighted by atomic mass is 35.5. The topological polar surface area (TPSA) is 106 Å². The van der Waals surface area contributed by atoms with Crippen LogP contribution in [0.3, 0.4) is 0 Å². The van der Waals surface area contributed by atoms with Gasteiger partial charge in [0.2, 0.25) is 11.2 Å². The first-order valence-electron chi connectivity index (χ1n) is 9.46. The lowest BCUT2D eigenvalue weighted by Crippen LogP contribution is -2.36. The molecule has 2 N–H and O–H groups in total. The van der Waals surface area contributed by atoms with Crippen LogP contribution in [0, 0.1) is 5.92 Å². The largest absolute Gasteiger partial charge is 0.502 e. The smallest absolute Gasteiger partial charge is 0.306 e. The van der Waals surface area contributed by atoms with Gasteiger partial charge in [-0.3, -0.25) is 9.59 Å². The Kier molecular flexibility index (Phi) is 5.65. The van der Waals surface area contributed by atoms with Crippen molar-refractivity contribution < 1.29 is 28.9 Å². The van der Waals surface area contributed by atoms with Gasteiger partial charge in [0, 0.05) is 5.56 Å². The lowest BCUT2D eigenvalue weighted by atomic mass is 9.82. The summed E-state index contributed by atoms with van der Waals surface area (Å²) in [4.78, 5) is 23.2. The number of hydrogen-bond donors (Lipinski definition) is 2. The Hall–Kier alpha value is -3.03. The van der Waals surface area contributed by atoms with Gasteiger partial charge in [0.1, 0.15) is 12.4 Å². The molecular formula is C22H19ClO7. The number of rotatable bonds is 7. The minimum absolute atomic E-state index is 0.0253. The number of ether oxygens (including phenoxy) is 2. The van der Waals surface area contributed by atoms with Crippen LogP contribution in [0.4, 0.5) is 0 Å². The molecule has 30 heavy (non-hydrogen) atoms. The van der Waals surface area contributed by atoms with Crippen molar-refractivity contribution in [3.63, 3.8) is 0 Å². The number of carbonyl (C=O) groups is 1. The molecule has 156 valence electrons. The molecule has 0 radical (unpaired) electrons. The van der Waals surface area contributed by atoms with E-state index in [-0.39, 0.29) is 33.8 Å². The van der Waals surface area contributed by atoms with Gasteiger partial charge in [-0.05, 0) is 49.2 Å². The number of carboxylic acids is 1. The Labute approximate surface area is 176 Å². The molecule has 0 atom stereocenters. The number of benzene rings is 2. The molecule has 1 saturated carbocycles. The van der Waals surface area contributed by atoms with Crippen molar-refractivity contribution in [2.24, 2.45) is 5.92 Å². The third kappa shape index (κ3) is 3.99. The van der Waals surface area contributed by atoms with Gasteiger partial charge < -0.3 is 24.1 Å². The third-order valence-electron chi connectivity index (χ3n) is 5.11. The van der Waals surface area contributed by atoms with E-state index in [2.05, 4.69) is 0 Å². The molecular weight excluding hydrogens is 412 g/mol. The molecule has 7 nitrogen and oxygen atoms in total. The van der Waals surface area contributed by atoms with Gasteiger partial charge in [-0.1, -0.05) is 17.7 Å². The third-order valence-corrected chi connectivity index (χ3v) is 5.41. The van der Waals surface area contributed by atoms with Crippen molar-refractivity contribution in [2.75, 3.05) is 13.2 Å². The number of carboxylic acid groups (broad SMARTS) is 1. The van der Waals surface area contributed by atoms with Gasteiger partial charge >= 0.3 is 5.97 Å². The molecule has 0 bridgehead atoms. The van der Waals surface area contributed by atoms with E-state index in [0.29, 0.717) is 37.4 Å². The zero-order valence-electron chi connectivity index (χ0n) is 15.8. The van der Waals surface area contributed by atoms with Crippen LogP contribution in [-0.2, 0) is 9.53 Å². The molecule has 1 aliphatic rings. The van der Waals surface area contributed by atoms with E-state index >= 15 is 0 Å². The minimum atomic E-state index is -0.776. The highest BCUT2D eigenvalue weighted by Crippen LogP contribution is 2.33.